The van der Waals surface area contributed by atoms with Crippen molar-refractivity contribution in [1.29, 1.82) is 0 Å². The summed E-state index contributed by atoms with van der Waals surface area (Å²) in [6.45, 7) is 3.64. The number of fused-ring (bicyclic) bond motifs is 1. The zero-order valence-electron chi connectivity index (χ0n) is 16.7. The van der Waals surface area contributed by atoms with Crippen molar-refractivity contribution >= 4 is 23.2 Å². The zero-order valence-corrected chi connectivity index (χ0v) is 16.7. The van der Waals surface area contributed by atoms with Crippen LogP contribution in [0.5, 0.6) is 0 Å². The summed E-state index contributed by atoms with van der Waals surface area (Å²) in [4.78, 5) is 25.8. The zero-order chi connectivity index (χ0) is 21.9. The molecule has 160 valence electrons. The lowest BCUT2D eigenvalue weighted by Gasteiger charge is -2.32. The summed E-state index contributed by atoms with van der Waals surface area (Å²) in [5.41, 5.74) is 1.17. The lowest BCUT2D eigenvalue weighted by molar-refractivity contribution is -0.157. The number of hydrogen-bond acceptors (Lipinski definition) is 3. The van der Waals surface area contributed by atoms with Crippen LogP contribution in [0.25, 0.3) is 0 Å². The van der Waals surface area contributed by atoms with E-state index in [1.807, 2.05) is 44.2 Å². The molecular formula is C22H24F3N3O2. The van der Waals surface area contributed by atoms with Gasteiger partial charge in [-0.25, -0.2) is 0 Å². The minimum absolute atomic E-state index is 0.0401. The van der Waals surface area contributed by atoms with E-state index in [2.05, 4.69) is 10.6 Å². The van der Waals surface area contributed by atoms with Crippen molar-refractivity contribution in [3.05, 3.63) is 60.2 Å². The highest BCUT2D eigenvalue weighted by Gasteiger charge is 2.48. The van der Waals surface area contributed by atoms with E-state index >= 15 is 0 Å². The highest BCUT2D eigenvalue weighted by molar-refractivity contribution is 6.05. The van der Waals surface area contributed by atoms with Crippen molar-refractivity contribution in [1.82, 2.24) is 5.32 Å². The van der Waals surface area contributed by atoms with E-state index in [1.165, 1.54) is 12.1 Å². The molecule has 2 aromatic rings. The second kappa shape index (κ2) is 8.87. The molecule has 0 unspecified atom stereocenters. The van der Waals surface area contributed by atoms with E-state index in [4.69, 9.17) is 0 Å². The molecule has 30 heavy (non-hydrogen) atoms. The van der Waals surface area contributed by atoms with Crippen LogP contribution in [0, 0.1) is 5.92 Å². The third kappa shape index (κ3) is 4.81. The topological polar surface area (TPSA) is 61.4 Å². The van der Waals surface area contributed by atoms with Gasteiger partial charge in [0.25, 0.3) is 0 Å². The molecule has 5 nitrogen and oxygen atoms in total. The smallest absolute Gasteiger partial charge is 0.324 e. The van der Waals surface area contributed by atoms with Gasteiger partial charge in [-0.3, -0.25) is 14.5 Å². The largest absolute Gasteiger partial charge is 0.409 e. The van der Waals surface area contributed by atoms with Crippen molar-refractivity contribution in [3.8, 4) is 0 Å². The summed E-state index contributed by atoms with van der Waals surface area (Å²) in [5.74, 6) is -1.42. The Labute approximate surface area is 173 Å². The molecule has 0 radical (unpaired) electrons. The normalized spacial score (nSPS) is 17.9. The summed E-state index contributed by atoms with van der Waals surface area (Å²) in [6, 6.07) is 13.0. The Morgan fingerprint density at radius 2 is 1.77 bits per heavy atom. The first-order valence-electron chi connectivity index (χ1n) is 9.74. The summed E-state index contributed by atoms with van der Waals surface area (Å²) in [7, 11) is 0. The first-order valence-corrected chi connectivity index (χ1v) is 9.74. The van der Waals surface area contributed by atoms with E-state index in [1.54, 1.807) is 12.1 Å². The number of alkyl halides is 3. The van der Waals surface area contributed by atoms with Gasteiger partial charge in [0.1, 0.15) is 6.04 Å². The molecule has 2 aromatic carbocycles. The van der Waals surface area contributed by atoms with Crippen molar-refractivity contribution in [3.63, 3.8) is 0 Å². The Morgan fingerprint density at radius 3 is 2.40 bits per heavy atom. The van der Waals surface area contributed by atoms with Gasteiger partial charge in [-0.15, -0.1) is 0 Å². The number of nitrogens with zero attached hydrogens (tertiary/aromatic N) is 1. The fourth-order valence-electron chi connectivity index (χ4n) is 3.68. The van der Waals surface area contributed by atoms with Gasteiger partial charge in [-0.1, -0.05) is 56.3 Å². The van der Waals surface area contributed by atoms with Crippen LogP contribution in [-0.2, 0) is 9.59 Å². The van der Waals surface area contributed by atoms with Crippen LogP contribution in [0.15, 0.2) is 54.6 Å². The fourth-order valence-corrected chi connectivity index (χ4v) is 3.68. The molecule has 2 atom stereocenters. The molecule has 2 amide bonds. The molecule has 0 saturated heterocycles. The molecule has 8 heteroatoms. The monoisotopic (exact) mass is 419 g/mol. The molecule has 0 fully saturated rings. The number of halogens is 3. The highest BCUT2D eigenvalue weighted by atomic mass is 19.4. The van der Waals surface area contributed by atoms with Gasteiger partial charge in [0.15, 0.2) is 0 Å². The maximum Gasteiger partial charge on any atom is 0.409 e. The minimum atomic E-state index is -4.75. The number of benzene rings is 2. The summed E-state index contributed by atoms with van der Waals surface area (Å²) < 4.78 is 41.4. The predicted molar refractivity (Wildman–Crippen MR) is 109 cm³/mol. The second-order valence-corrected chi connectivity index (χ2v) is 7.60. The number of para-hydroxylation sites is 2. The number of anilines is 2. The molecule has 3 rings (SSSR count). The first-order chi connectivity index (χ1) is 14.2. The number of rotatable bonds is 5. The Balaban J connectivity index is 1.90. The summed E-state index contributed by atoms with van der Waals surface area (Å²) >= 11 is 0. The molecule has 0 bridgehead atoms. The van der Waals surface area contributed by atoms with Crippen LogP contribution < -0.4 is 15.5 Å². The molecule has 0 aromatic heterocycles. The van der Waals surface area contributed by atoms with Crippen LogP contribution in [0.1, 0.15) is 31.9 Å². The third-order valence-electron chi connectivity index (χ3n) is 5.07. The number of carbonyl (C=O) groups excluding carboxylic acids is 2. The molecule has 1 aliphatic rings. The van der Waals surface area contributed by atoms with Crippen LogP contribution in [0.2, 0.25) is 0 Å². The first kappa shape index (κ1) is 21.8. The van der Waals surface area contributed by atoms with Crippen molar-refractivity contribution in [2.45, 2.75) is 38.5 Å². The van der Waals surface area contributed by atoms with Gasteiger partial charge in [0.05, 0.1) is 24.3 Å². The molecule has 1 heterocycles. The molecule has 0 spiro atoms. The molecule has 0 saturated carbocycles. The van der Waals surface area contributed by atoms with E-state index in [9.17, 15) is 22.8 Å². The van der Waals surface area contributed by atoms with Crippen LogP contribution >= 0.6 is 0 Å². The van der Waals surface area contributed by atoms with Crippen molar-refractivity contribution in [2.24, 2.45) is 5.92 Å². The van der Waals surface area contributed by atoms with Crippen molar-refractivity contribution in [2.75, 3.05) is 16.8 Å². The Kier molecular flexibility index (Phi) is 6.45. The maximum atomic E-state index is 13.8. The van der Waals surface area contributed by atoms with E-state index in [0.717, 1.165) is 5.56 Å². The van der Waals surface area contributed by atoms with Crippen molar-refractivity contribution < 1.29 is 22.8 Å². The van der Waals surface area contributed by atoms with Gasteiger partial charge >= 0.3 is 6.18 Å². The average molecular weight is 419 g/mol. The third-order valence-corrected chi connectivity index (χ3v) is 5.07. The quantitative estimate of drug-likeness (QED) is 0.761. The van der Waals surface area contributed by atoms with Gasteiger partial charge < -0.3 is 10.6 Å². The van der Waals surface area contributed by atoms with E-state index < -0.39 is 30.5 Å². The Morgan fingerprint density at radius 1 is 1.13 bits per heavy atom. The summed E-state index contributed by atoms with van der Waals surface area (Å²) in [5, 5.41) is 5.57. The average Bonchev–Trinajstić information content (AvgIpc) is 2.84. The molecular weight excluding hydrogens is 395 g/mol. The molecule has 1 aliphatic heterocycles. The predicted octanol–water partition coefficient (Wildman–Crippen LogP) is 4.28. The second-order valence-electron chi connectivity index (χ2n) is 7.60. The maximum absolute atomic E-state index is 13.8. The lowest BCUT2D eigenvalue weighted by atomic mass is 9.96. The van der Waals surface area contributed by atoms with Crippen LogP contribution in [0.4, 0.5) is 24.5 Å². The number of hydrogen-bond donors (Lipinski definition) is 2. The molecule has 0 aliphatic carbocycles. The lowest BCUT2D eigenvalue weighted by Crippen LogP contribution is -2.52. The Hall–Kier alpha value is -2.87. The standard InChI is InChI=1S/C22H24F3N3O2/c1-14(2)21(15-8-4-3-5-9-15)26-13-20(30)28-17-11-7-6-10-16(17)27-19(29)12-18(28)22(23,24)25/h3-11,14,18,21,26H,12-13H2,1-2H3,(H,27,29)/t18-,21-/m0/s1. The number of amides is 2. The van der Waals surface area contributed by atoms with Gasteiger partial charge in [0, 0.05) is 6.04 Å². The van der Waals surface area contributed by atoms with Crippen LogP contribution in [0.3, 0.4) is 0 Å². The Bertz CT molecular complexity index is 900. The number of carbonyl (C=O) groups is 2. The fraction of sp³-hybridized carbons (Fsp3) is 0.364. The highest BCUT2D eigenvalue weighted by Crippen LogP contribution is 2.37. The van der Waals surface area contributed by atoms with E-state index in [0.29, 0.717) is 4.90 Å². The van der Waals surface area contributed by atoms with E-state index in [-0.39, 0.29) is 29.9 Å². The van der Waals surface area contributed by atoms with Gasteiger partial charge in [-0.05, 0) is 23.6 Å². The SMILES string of the molecule is CC(C)[C@H](NCC(=O)N1c2ccccc2NC(=O)C[C@H]1C(F)(F)F)c1ccccc1. The number of nitrogens with one attached hydrogen (secondary N) is 2. The summed E-state index contributed by atoms with van der Waals surface area (Å²) in [6.07, 6.45) is -5.60. The molecule has 2 N–H and O–H groups in total. The van der Waals surface area contributed by atoms with Gasteiger partial charge in [-0.2, -0.15) is 13.2 Å². The minimum Gasteiger partial charge on any atom is -0.324 e. The van der Waals surface area contributed by atoms with Gasteiger partial charge in [0.2, 0.25) is 11.8 Å². The van der Waals surface area contributed by atoms with Crippen LogP contribution in [-0.4, -0.2) is 30.6 Å².